The van der Waals surface area contributed by atoms with Gasteiger partial charge in [-0.3, -0.25) is 0 Å². The molecule has 8 radical (unpaired) electrons. The van der Waals surface area contributed by atoms with Crippen molar-refractivity contribution in [2.75, 3.05) is 0 Å². The molecule has 4 heavy (non-hydrogen) atoms. The van der Waals surface area contributed by atoms with Crippen molar-refractivity contribution in [1.29, 1.82) is 0 Å². The first-order valence-electron chi connectivity index (χ1n) is 0.333. The van der Waals surface area contributed by atoms with Crippen molar-refractivity contribution < 1.29 is 0 Å². The van der Waals surface area contributed by atoms with E-state index in [1.807, 2.05) is 0 Å². The zero-order valence-corrected chi connectivity index (χ0v) is 7.86. The molecule has 0 aromatic rings. The van der Waals surface area contributed by atoms with Crippen LogP contribution in [-0.2, 0) is 0 Å². The Bertz CT molecular complexity index is 8.75. The Morgan fingerprint density at radius 2 is 0.750 bits per heavy atom. The van der Waals surface area contributed by atoms with E-state index in [-0.39, 0.29) is 47.8 Å². The van der Waals surface area contributed by atoms with Gasteiger partial charge in [0.15, 0.2) is 0 Å². The standard InChI is InChI=1S/C2H2.2Sn/c1-2;;/h1-2H;;. The van der Waals surface area contributed by atoms with Gasteiger partial charge < -0.3 is 0 Å². The average molecular weight is 263 g/mol. The Morgan fingerprint density at radius 1 is 0.750 bits per heavy atom. The molecule has 18 valence electrons. The fourth-order valence-electron chi connectivity index (χ4n) is 0. The first-order chi connectivity index (χ1) is 1.00. The summed E-state index contributed by atoms with van der Waals surface area (Å²) in [6.07, 6.45) is 8.00. The van der Waals surface area contributed by atoms with E-state index < -0.39 is 0 Å². The van der Waals surface area contributed by atoms with Crippen LogP contribution < -0.4 is 0 Å². The van der Waals surface area contributed by atoms with Crippen LogP contribution in [0.5, 0.6) is 0 Å². The first-order valence-corrected chi connectivity index (χ1v) is 0.333. The maximum Gasteiger partial charge on any atom is 0 e. The van der Waals surface area contributed by atoms with Gasteiger partial charge in [-0.25, -0.2) is 0 Å². The monoisotopic (exact) mass is 266 g/mol. The predicted octanol–water partition coefficient (Wildman–Crippen LogP) is -0.512. The van der Waals surface area contributed by atoms with E-state index >= 15 is 0 Å². The SMILES string of the molecule is C#C.[Sn].[Sn]. The Morgan fingerprint density at radius 3 is 0.750 bits per heavy atom. The van der Waals surface area contributed by atoms with E-state index in [9.17, 15) is 0 Å². The molecule has 0 aliphatic carbocycles. The first kappa shape index (κ1) is 19.2. The summed E-state index contributed by atoms with van der Waals surface area (Å²) in [4.78, 5) is 0. The van der Waals surface area contributed by atoms with Crippen molar-refractivity contribution >= 4 is 47.8 Å². The van der Waals surface area contributed by atoms with Gasteiger partial charge in [0.1, 0.15) is 0 Å². The third-order valence-corrected chi connectivity index (χ3v) is 0. The minimum absolute atomic E-state index is 0. The van der Waals surface area contributed by atoms with Gasteiger partial charge in [-0.05, 0) is 0 Å². The van der Waals surface area contributed by atoms with Crippen LogP contribution in [0.2, 0.25) is 0 Å². The van der Waals surface area contributed by atoms with Crippen molar-refractivity contribution in [2.45, 2.75) is 0 Å². The van der Waals surface area contributed by atoms with Crippen LogP contribution in [0.3, 0.4) is 0 Å². The summed E-state index contributed by atoms with van der Waals surface area (Å²) in [6.45, 7) is 0. The molecule has 0 aromatic carbocycles. The van der Waals surface area contributed by atoms with Gasteiger partial charge in [0.25, 0.3) is 0 Å². The minimum atomic E-state index is 0. The molecule has 0 bridgehead atoms. The van der Waals surface area contributed by atoms with E-state index in [1.165, 1.54) is 0 Å². The molecule has 2 heteroatoms. The molecule has 0 unspecified atom stereocenters. The molecule has 0 atom stereocenters. The van der Waals surface area contributed by atoms with Gasteiger partial charge in [-0.15, -0.1) is 12.8 Å². The van der Waals surface area contributed by atoms with Crippen LogP contribution >= 0.6 is 0 Å². The van der Waals surface area contributed by atoms with Gasteiger partial charge in [0.05, 0.1) is 0 Å². The number of hydrogen-bond donors (Lipinski definition) is 0. The molecular formula is C2H2Sn2. The largest absolute Gasteiger partial charge is 0.124 e. The summed E-state index contributed by atoms with van der Waals surface area (Å²) in [7, 11) is 0. The maximum absolute atomic E-state index is 4.00. The smallest absolute Gasteiger partial charge is 0 e. The van der Waals surface area contributed by atoms with Gasteiger partial charge in [0, 0.05) is 47.8 Å². The van der Waals surface area contributed by atoms with E-state index in [0.29, 0.717) is 0 Å². The normalized spacial score (nSPS) is 0.500. The third kappa shape index (κ3) is 11.0. The van der Waals surface area contributed by atoms with Crippen molar-refractivity contribution in [3.05, 3.63) is 0 Å². The van der Waals surface area contributed by atoms with Crippen molar-refractivity contribution in [1.82, 2.24) is 0 Å². The zero-order chi connectivity index (χ0) is 2.00. The molecule has 0 nitrogen and oxygen atoms in total. The van der Waals surface area contributed by atoms with Crippen molar-refractivity contribution in [3.8, 4) is 12.8 Å². The number of hydrogen-bond acceptors (Lipinski definition) is 0. The molecule has 0 amide bonds. The van der Waals surface area contributed by atoms with E-state index in [4.69, 9.17) is 0 Å². The Hall–Kier alpha value is 1.16. The summed E-state index contributed by atoms with van der Waals surface area (Å²) >= 11 is 0. The molecule has 0 aromatic heterocycles. The molecule has 0 heterocycles. The van der Waals surface area contributed by atoms with Gasteiger partial charge in [-0.2, -0.15) is 0 Å². The second-order valence-corrected chi connectivity index (χ2v) is 0. The number of terminal acetylenes is 1. The molecule has 0 saturated heterocycles. The summed E-state index contributed by atoms with van der Waals surface area (Å²) in [5.74, 6) is 0. The quantitative estimate of drug-likeness (QED) is 0.408. The van der Waals surface area contributed by atoms with Gasteiger partial charge in [-0.1, -0.05) is 0 Å². The van der Waals surface area contributed by atoms with E-state index in [1.54, 1.807) is 0 Å². The van der Waals surface area contributed by atoms with Crippen LogP contribution in [0.1, 0.15) is 0 Å². The van der Waals surface area contributed by atoms with Crippen molar-refractivity contribution in [3.63, 3.8) is 0 Å². The predicted molar refractivity (Wildman–Crippen MR) is 21.4 cm³/mol. The molecule has 0 rings (SSSR count). The Kier molecular flexibility index (Phi) is 148. The average Bonchev–Trinajstić information content (AvgIpc) is 1.00. The summed E-state index contributed by atoms with van der Waals surface area (Å²) in [6, 6.07) is 0. The number of rotatable bonds is 0. The van der Waals surface area contributed by atoms with Crippen LogP contribution in [0, 0.1) is 12.8 Å². The van der Waals surface area contributed by atoms with Crippen LogP contribution in [-0.4, -0.2) is 47.8 Å². The zero-order valence-electron chi connectivity index (χ0n) is 2.15. The molecule has 0 spiro atoms. The minimum Gasteiger partial charge on any atom is -0.124 e. The second-order valence-electron chi connectivity index (χ2n) is 0. The molecule has 0 fully saturated rings. The molecule has 0 aliphatic rings. The fourth-order valence-corrected chi connectivity index (χ4v) is 0. The van der Waals surface area contributed by atoms with Crippen LogP contribution in [0.4, 0.5) is 0 Å². The van der Waals surface area contributed by atoms with E-state index in [0.717, 1.165) is 0 Å². The van der Waals surface area contributed by atoms with Crippen LogP contribution in [0.15, 0.2) is 0 Å². The second kappa shape index (κ2) is 30.9. The molecular weight excluding hydrogens is 261 g/mol. The van der Waals surface area contributed by atoms with Gasteiger partial charge in [0.2, 0.25) is 0 Å². The summed E-state index contributed by atoms with van der Waals surface area (Å²) < 4.78 is 0. The molecule has 0 N–H and O–H groups in total. The third-order valence-electron chi connectivity index (χ3n) is 0. The van der Waals surface area contributed by atoms with Gasteiger partial charge >= 0.3 is 0 Å². The van der Waals surface area contributed by atoms with E-state index in [2.05, 4.69) is 12.8 Å². The Labute approximate surface area is 60.3 Å². The fraction of sp³-hybridized carbons (Fsp3) is 0. The summed E-state index contributed by atoms with van der Waals surface area (Å²) in [5.41, 5.74) is 0. The topological polar surface area (TPSA) is 0 Å². The maximum atomic E-state index is 4.00. The summed E-state index contributed by atoms with van der Waals surface area (Å²) in [5, 5.41) is 0. The Balaban J connectivity index is -0.00000000500. The molecule has 0 saturated carbocycles. The van der Waals surface area contributed by atoms with Crippen molar-refractivity contribution in [2.24, 2.45) is 0 Å². The molecule has 0 aliphatic heterocycles. The van der Waals surface area contributed by atoms with Crippen LogP contribution in [0.25, 0.3) is 0 Å².